The second-order valence-corrected chi connectivity index (χ2v) is 6.37. The van der Waals surface area contributed by atoms with Gasteiger partial charge >= 0.3 is 11.7 Å². The van der Waals surface area contributed by atoms with E-state index in [0.29, 0.717) is 6.42 Å². The third-order valence-corrected chi connectivity index (χ3v) is 4.17. The van der Waals surface area contributed by atoms with Crippen LogP contribution in [0.4, 0.5) is 8.78 Å². The van der Waals surface area contributed by atoms with Crippen LogP contribution in [-0.2, 0) is 14.6 Å². The smallest absolute Gasteiger partial charge is 0.341 e. The molecule has 0 atom stereocenters. The van der Waals surface area contributed by atoms with Gasteiger partial charge in [0.05, 0.1) is 4.90 Å². The van der Waals surface area contributed by atoms with Crippen LogP contribution in [0.1, 0.15) is 23.7 Å². The van der Waals surface area contributed by atoms with Crippen LogP contribution in [0.3, 0.4) is 0 Å². The Morgan fingerprint density at radius 1 is 1.23 bits per heavy atom. The van der Waals surface area contributed by atoms with E-state index in [1.54, 1.807) is 6.92 Å². The Morgan fingerprint density at radius 3 is 2.18 bits per heavy atom. The maximum Gasteiger partial charge on any atom is 0.341 e. The van der Waals surface area contributed by atoms with Crippen LogP contribution in [0.25, 0.3) is 0 Å². The molecule has 0 bridgehead atoms. The molecule has 0 fully saturated rings. The molecule has 1 aromatic rings. The largest absolute Gasteiger partial charge is 0.480 e. The molecule has 0 aliphatic rings. The Morgan fingerprint density at radius 2 is 1.77 bits per heavy atom. The van der Waals surface area contributed by atoms with E-state index in [4.69, 9.17) is 5.11 Å². The van der Waals surface area contributed by atoms with Crippen molar-refractivity contribution in [1.82, 2.24) is 4.90 Å². The normalized spacial score (nSPS) is 11.5. The Hall–Kier alpha value is -2.03. The highest BCUT2D eigenvalue weighted by Crippen LogP contribution is 2.19. The predicted octanol–water partition coefficient (Wildman–Crippen LogP) is 1.62. The van der Waals surface area contributed by atoms with Crippen LogP contribution < -0.4 is 0 Å². The van der Waals surface area contributed by atoms with E-state index in [0.717, 1.165) is 29.2 Å². The highest BCUT2D eigenvalue weighted by atomic mass is 32.2. The number of hydrogen-bond donors (Lipinski definition) is 1. The van der Waals surface area contributed by atoms with Crippen molar-refractivity contribution in [1.29, 1.82) is 0 Å². The van der Waals surface area contributed by atoms with Gasteiger partial charge in [0.1, 0.15) is 6.54 Å². The minimum atomic E-state index is -4.72. The van der Waals surface area contributed by atoms with Crippen LogP contribution in [0.15, 0.2) is 29.2 Å². The number of aliphatic carboxylic acids is 1. The number of alkyl halides is 2. The van der Waals surface area contributed by atoms with Gasteiger partial charge in [-0.3, -0.25) is 9.59 Å². The minimum absolute atomic E-state index is 0.0305. The molecule has 22 heavy (non-hydrogen) atoms. The molecule has 6 nitrogen and oxygen atoms in total. The second kappa shape index (κ2) is 7.30. The van der Waals surface area contributed by atoms with Crippen molar-refractivity contribution in [2.75, 3.05) is 13.1 Å². The summed E-state index contributed by atoms with van der Waals surface area (Å²) in [7, 11) is -4.72. The molecule has 0 spiro atoms. The molecule has 0 unspecified atom stereocenters. The average molecular weight is 335 g/mol. The Bertz CT molecular complexity index is 643. The van der Waals surface area contributed by atoms with E-state index in [2.05, 4.69) is 0 Å². The topological polar surface area (TPSA) is 91.8 Å². The third-order valence-electron chi connectivity index (χ3n) is 2.77. The molecule has 9 heteroatoms. The number of carboxylic acids is 1. The predicted molar refractivity (Wildman–Crippen MR) is 73.5 cm³/mol. The van der Waals surface area contributed by atoms with Crippen LogP contribution in [0.5, 0.6) is 0 Å². The van der Waals surface area contributed by atoms with Gasteiger partial charge in [-0.05, 0) is 30.7 Å². The molecule has 1 rings (SSSR count). The van der Waals surface area contributed by atoms with Gasteiger partial charge in [0, 0.05) is 12.1 Å². The summed E-state index contributed by atoms with van der Waals surface area (Å²) < 4.78 is 47.3. The monoisotopic (exact) mass is 335 g/mol. The Balaban J connectivity index is 3.02. The Kier molecular flexibility index (Phi) is 5.98. The number of hydrogen-bond acceptors (Lipinski definition) is 4. The fourth-order valence-electron chi connectivity index (χ4n) is 1.76. The number of nitrogens with zero attached hydrogens (tertiary/aromatic N) is 1. The number of carboxylic acid groups (broad SMARTS) is 1. The maximum atomic E-state index is 12.4. The van der Waals surface area contributed by atoms with Gasteiger partial charge in [-0.2, -0.15) is 8.78 Å². The standard InChI is InChI=1S/C13H15F2NO5S/c1-2-7-16(8-11(17)18)12(19)9-3-5-10(6-4-9)22(20,21)13(14)15/h3-6,13H,2,7-8H2,1H3,(H,17,18). The first-order valence-corrected chi connectivity index (χ1v) is 7.88. The van der Waals surface area contributed by atoms with Crippen molar-refractivity contribution >= 4 is 21.7 Å². The first-order chi connectivity index (χ1) is 10.2. The van der Waals surface area contributed by atoms with Gasteiger partial charge < -0.3 is 10.0 Å². The molecule has 1 aromatic carbocycles. The van der Waals surface area contributed by atoms with Crippen LogP contribution in [0, 0.1) is 0 Å². The van der Waals surface area contributed by atoms with Crippen molar-refractivity contribution in [3.63, 3.8) is 0 Å². The summed E-state index contributed by atoms with van der Waals surface area (Å²) in [4.78, 5) is 23.3. The molecule has 1 amide bonds. The molecule has 0 aliphatic heterocycles. The average Bonchev–Trinajstić information content (AvgIpc) is 2.45. The van der Waals surface area contributed by atoms with Gasteiger partial charge in [0.15, 0.2) is 0 Å². The molecule has 0 heterocycles. The molecular formula is C13H15F2NO5S. The third kappa shape index (κ3) is 4.23. The summed E-state index contributed by atoms with van der Waals surface area (Å²) in [5.41, 5.74) is 0.0305. The fraction of sp³-hybridized carbons (Fsp3) is 0.385. The van der Waals surface area contributed by atoms with Gasteiger partial charge in [0.25, 0.3) is 5.91 Å². The quantitative estimate of drug-likeness (QED) is 0.817. The highest BCUT2D eigenvalue weighted by Gasteiger charge is 2.27. The van der Waals surface area contributed by atoms with E-state index >= 15 is 0 Å². The number of benzene rings is 1. The number of carbonyl (C=O) groups excluding carboxylic acids is 1. The summed E-state index contributed by atoms with van der Waals surface area (Å²) >= 11 is 0. The second-order valence-electron chi connectivity index (χ2n) is 4.45. The first kappa shape index (κ1) is 18.0. The van der Waals surface area contributed by atoms with E-state index in [1.807, 2.05) is 0 Å². The molecule has 1 N–H and O–H groups in total. The Labute approximate surface area is 126 Å². The lowest BCUT2D eigenvalue weighted by atomic mass is 10.2. The number of halogens is 2. The summed E-state index contributed by atoms with van der Waals surface area (Å²) in [6.07, 6.45) is 0.539. The van der Waals surface area contributed by atoms with E-state index in [9.17, 15) is 26.8 Å². The fourth-order valence-corrected chi connectivity index (χ4v) is 2.48. The van der Waals surface area contributed by atoms with E-state index in [1.165, 1.54) is 0 Å². The van der Waals surface area contributed by atoms with Gasteiger partial charge in [-0.25, -0.2) is 8.42 Å². The van der Waals surface area contributed by atoms with Crippen LogP contribution in [0.2, 0.25) is 0 Å². The molecule has 122 valence electrons. The van der Waals surface area contributed by atoms with Gasteiger partial charge in [-0.15, -0.1) is 0 Å². The van der Waals surface area contributed by atoms with Crippen molar-refractivity contribution in [3.8, 4) is 0 Å². The molecule has 0 aliphatic carbocycles. The molecule has 0 radical (unpaired) electrons. The molecular weight excluding hydrogens is 320 g/mol. The summed E-state index contributed by atoms with van der Waals surface area (Å²) in [6.45, 7) is 1.48. The highest BCUT2D eigenvalue weighted by molar-refractivity contribution is 7.91. The summed E-state index contributed by atoms with van der Waals surface area (Å²) in [6, 6.07) is 3.98. The van der Waals surface area contributed by atoms with Crippen molar-refractivity contribution in [2.24, 2.45) is 0 Å². The SMILES string of the molecule is CCCN(CC(=O)O)C(=O)c1ccc(S(=O)(=O)C(F)F)cc1. The molecule has 0 saturated heterocycles. The molecule has 0 saturated carbocycles. The minimum Gasteiger partial charge on any atom is -0.480 e. The zero-order valence-electron chi connectivity index (χ0n) is 11.7. The van der Waals surface area contributed by atoms with Crippen molar-refractivity contribution in [3.05, 3.63) is 29.8 Å². The van der Waals surface area contributed by atoms with E-state index in [-0.39, 0.29) is 12.1 Å². The maximum absolute atomic E-state index is 12.4. The lowest BCUT2D eigenvalue weighted by Crippen LogP contribution is -2.36. The van der Waals surface area contributed by atoms with Crippen LogP contribution >= 0.6 is 0 Å². The number of carbonyl (C=O) groups is 2. The molecule has 0 aromatic heterocycles. The van der Waals surface area contributed by atoms with Crippen LogP contribution in [-0.4, -0.2) is 49.1 Å². The zero-order chi connectivity index (χ0) is 16.9. The van der Waals surface area contributed by atoms with Crippen molar-refractivity contribution in [2.45, 2.75) is 24.0 Å². The number of rotatable bonds is 7. The lowest BCUT2D eigenvalue weighted by molar-refractivity contribution is -0.137. The first-order valence-electron chi connectivity index (χ1n) is 6.33. The lowest BCUT2D eigenvalue weighted by Gasteiger charge is -2.20. The van der Waals surface area contributed by atoms with Crippen molar-refractivity contribution < 1.29 is 31.9 Å². The van der Waals surface area contributed by atoms with E-state index < -0.39 is 38.9 Å². The van der Waals surface area contributed by atoms with Gasteiger partial charge in [0.2, 0.25) is 9.84 Å². The zero-order valence-corrected chi connectivity index (χ0v) is 12.5. The van der Waals surface area contributed by atoms with Gasteiger partial charge in [-0.1, -0.05) is 6.92 Å². The summed E-state index contributed by atoms with van der Waals surface area (Å²) in [5.74, 6) is -5.33. The number of sulfone groups is 1. The summed E-state index contributed by atoms with van der Waals surface area (Å²) in [5, 5.41) is 8.76. The number of amides is 1.